The van der Waals surface area contributed by atoms with Crippen molar-refractivity contribution in [2.45, 2.75) is 83.6 Å². The molecule has 3 aromatic rings. The molecule has 0 aliphatic heterocycles. The Morgan fingerprint density at radius 1 is 1.17 bits per heavy atom. The number of carbonyl (C=O) groups excluding carboxylic acids is 2. The van der Waals surface area contributed by atoms with Crippen LogP contribution < -0.4 is 5.32 Å². The molecule has 220 valence electrons. The van der Waals surface area contributed by atoms with E-state index in [9.17, 15) is 14.9 Å². The number of hydrogen-bond acceptors (Lipinski definition) is 7. The Labute approximate surface area is 257 Å². The van der Waals surface area contributed by atoms with E-state index < -0.39 is 0 Å². The molecule has 0 bridgehead atoms. The average Bonchev–Trinajstić information content (AvgIpc) is 3.33. The predicted molar refractivity (Wildman–Crippen MR) is 169 cm³/mol. The van der Waals surface area contributed by atoms with Gasteiger partial charge in [-0.2, -0.15) is 5.26 Å². The molecule has 0 saturated carbocycles. The van der Waals surface area contributed by atoms with Gasteiger partial charge in [-0.05, 0) is 85.5 Å². The van der Waals surface area contributed by atoms with Crippen LogP contribution in [0.25, 0.3) is 0 Å². The number of ether oxygens (including phenoxy) is 1. The van der Waals surface area contributed by atoms with Crippen molar-refractivity contribution in [1.29, 1.82) is 5.26 Å². The summed E-state index contributed by atoms with van der Waals surface area (Å²) in [5.74, 6) is 0.934. The molecule has 42 heavy (non-hydrogen) atoms. The minimum Gasteiger partial charge on any atom is -0.462 e. The molecule has 1 aromatic carbocycles. The second-order valence-electron chi connectivity index (χ2n) is 12.3. The Hall–Kier alpha value is -3.15. The number of hydrogen-bond donors (Lipinski definition) is 1. The molecule has 8 heteroatoms. The van der Waals surface area contributed by atoms with Crippen molar-refractivity contribution < 1.29 is 14.3 Å². The molecule has 2 aliphatic carbocycles. The summed E-state index contributed by atoms with van der Waals surface area (Å²) in [5.41, 5.74) is 5.91. The molecule has 0 saturated heterocycles. The third-order valence-corrected chi connectivity index (χ3v) is 10.7. The number of amides is 1. The van der Waals surface area contributed by atoms with Gasteiger partial charge in [0.05, 0.1) is 17.7 Å². The van der Waals surface area contributed by atoms with E-state index in [1.165, 1.54) is 34.2 Å². The summed E-state index contributed by atoms with van der Waals surface area (Å²) in [6.45, 7) is 8.91. The van der Waals surface area contributed by atoms with E-state index in [1.54, 1.807) is 6.92 Å². The number of thiophene rings is 1. The fraction of sp³-hybridized carbons (Fsp3) is 0.471. The number of benzene rings is 1. The van der Waals surface area contributed by atoms with Crippen LogP contribution in [0.3, 0.4) is 0 Å². The number of aryl methyl sites for hydroxylation is 1. The van der Waals surface area contributed by atoms with Crippen molar-refractivity contribution in [2.24, 2.45) is 11.3 Å². The molecule has 6 nitrogen and oxygen atoms in total. The lowest BCUT2D eigenvalue weighted by atomic mass is 9.71. The van der Waals surface area contributed by atoms with Gasteiger partial charge in [0.15, 0.2) is 0 Å². The maximum Gasteiger partial charge on any atom is 0.341 e. The quantitative estimate of drug-likeness (QED) is 0.210. The molecule has 2 atom stereocenters. The van der Waals surface area contributed by atoms with E-state index in [0.29, 0.717) is 38.7 Å². The number of anilines is 1. The monoisotopic (exact) mass is 601 g/mol. The fourth-order valence-electron chi connectivity index (χ4n) is 6.11. The van der Waals surface area contributed by atoms with Gasteiger partial charge in [-0.25, -0.2) is 9.78 Å². The van der Waals surface area contributed by atoms with Crippen LogP contribution in [-0.2, 0) is 35.2 Å². The van der Waals surface area contributed by atoms with Crippen LogP contribution in [-0.4, -0.2) is 29.2 Å². The summed E-state index contributed by atoms with van der Waals surface area (Å²) in [5, 5.41) is 14.1. The maximum atomic E-state index is 13.1. The van der Waals surface area contributed by atoms with Crippen molar-refractivity contribution in [3.8, 4) is 6.07 Å². The number of nitrogens with zero attached hydrogens (tertiary/aromatic N) is 2. The molecule has 2 aromatic heterocycles. The molecule has 0 radical (unpaired) electrons. The summed E-state index contributed by atoms with van der Waals surface area (Å²) < 4.78 is 5.39. The van der Waals surface area contributed by atoms with Gasteiger partial charge in [-0.1, -0.05) is 51.1 Å². The van der Waals surface area contributed by atoms with E-state index in [0.717, 1.165) is 54.7 Å². The normalized spacial score (nSPS) is 18.0. The smallest absolute Gasteiger partial charge is 0.341 e. The highest BCUT2D eigenvalue weighted by Gasteiger charge is 2.32. The molecule has 2 aliphatic rings. The van der Waals surface area contributed by atoms with E-state index in [4.69, 9.17) is 9.72 Å². The van der Waals surface area contributed by atoms with Crippen LogP contribution in [0.1, 0.15) is 96.1 Å². The van der Waals surface area contributed by atoms with E-state index in [1.807, 2.05) is 12.1 Å². The Bertz CT molecular complexity index is 1500. The first-order valence-corrected chi connectivity index (χ1v) is 16.7. The summed E-state index contributed by atoms with van der Waals surface area (Å²) in [6, 6.07) is 14.8. The Morgan fingerprint density at radius 3 is 2.67 bits per heavy atom. The molecule has 0 spiro atoms. The lowest BCUT2D eigenvalue weighted by Crippen LogP contribution is -2.27. The van der Waals surface area contributed by atoms with E-state index in [2.05, 4.69) is 56.4 Å². The van der Waals surface area contributed by atoms with Gasteiger partial charge in [0, 0.05) is 22.7 Å². The second kappa shape index (κ2) is 13.0. The standard InChI is InChI=1S/C34H39N3O3S2/c1-5-40-33(39)30-26-13-11-22(21-9-7-6-8-10-21)19-28(26)42-32(30)37-29(38)15-16-41-31-24(20-35)17-23-18-25(34(2,3)4)12-14-27(23)36-31/h6-10,17,22,25H,5,11-16,18-19H2,1-4H3,(H,37,38). The van der Waals surface area contributed by atoms with Crippen LogP contribution in [0, 0.1) is 22.7 Å². The summed E-state index contributed by atoms with van der Waals surface area (Å²) >= 11 is 2.95. The Kier molecular flexibility index (Phi) is 9.39. The van der Waals surface area contributed by atoms with E-state index in [-0.39, 0.29) is 30.3 Å². The molecule has 2 heterocycles. The largest absolute Gasteiger partial charge is 0.462 e. The third kappa shape index (κ3) is 6.74. The second-order valence-corrected chi connectivity index (χ2v) is 14.5. The molecule has 0 fully saturated rings. The summed E-state index contributed by atoms with van der Waals surface area (Å²) in [6.07, 6.45) is 5.80. The van der Waals surface area contributed by atoms with Gasteiger partial charge in [-0.15, -0.1) is 23.1 Å². The highest BCUT2D eigenvalue weighted by atomic mass is 32.2. The number of nitrogens with one attached hydrogen (secondary N) is 1. The molecule has 2 unspecified atom stereocenters. The van der Waals surface area contributed by atoms with Crippen LogP contribution in [0.4, 0.5) is 5.00 Å². The fourth-order valence-corrected chi connectivity index (χ4v) is 8.35. The number of esters is 1. The number of thioether (sulfide) groups is 1. The molecular formula is C34H39N3O3S2. The summed E-state index contributed by atoms with van der Waals surface area (Å²) in [4.78, 5) is 32.1. The maximum absolute atomic E-state index is 13.1. The first-order valence-electron chi connectivity index (χ1n) is 14.9. The lowest BCUT2D eigenvalue weighted by molar-refractivity contribution is -0.115. The van der Waals surface area contributed by atoms with Crippen molar-refractivity contribution in [3.63, 3.8) is 0 Å². The third-order valence-electron chi connectivity index (χ3n) is 8.53. The molecule has 1 amide bonds. The minimum atomic E-state index is -0.372. The van der Waals surface area contributed by atoms with Gasteiger partial charge in [0.25, 0.3) is 0 Å². The average molecular weight is 602 g/mol. The molecular weight excluding hydrogens is 563 g/mol. The predicted octanol–water partition coefficient (Wildman–Crippen LogP) is 7.74. The summed E-state index contributed by atoms with van der Waals surface area (Å²) in [7, 11) is 0. The molecule has 5 rings (SSSR count). The van der Waals surface area contributed by atoms with Crippen molar-refractivity contribution in [2.75, 3.05) is 17.7 Å². The van der Waals surface area contributed by atoms with Crippen LogP contribution >= 0.6 is 23.1 Å². The lowest BCUT2D eigenvalue weighted by Gasteiger charge is -2.34. The number of nitriles is 1. The van der Waals surface area contributed by atoms with E-state index >= 15 is 0 Å². The van der Waals surface area contributed by atoms with Crippen LogP contribution in [0.15, 0.2) is 41.4 Å². The topological polar surface area (TPSA) is 92.1 Å². The number of rotatable bonds is 8. The Morgan fingerprint density at radius 2 is 1.95 bits per heavy atom. The highest BCUT2D eigenvalue weighted by Crippen LogP contribution is 2.43. The molecule has 1 N–H and O–H groups in total. The van der Waals surface area contributed by atoms with Gasteiger partial charge in [-0.3, -0.25) is 4.79 Å². The van der Waals surface area contributed by atoms with Crippen molar-refractivity contribution >= 4 is 40.0 Å². The van der Waals surface area contributed by atoms with Crippen molar-refractivity contribution in [1.82, 2.24) is 4.98 Å². The Balaban J connectivity index is 1.26. The first-order chi connectivity index (χ1) is 20.2. The SMILES string of the molecule is CCOC(=O)c1c(NC(=O)CCSc2nc3c(cc2C#N)CC(C(C)(C)C)CC3)sc2c1CCC(c1ccccc1)C2. The van der Waals surface area contributed by atoms with Gasteiger partial charge in [0.2, 0.25) is 5.91 Å². The van der Waals surface area contributed by atoms with Crippen molar-refractivity contribution in [3.05, 3.63) is 74.8 Å². The van der Waals surface area contributed by atoms with Gasteiger partial charge >= 0.3 is 5.97 Å². The number of carbonyl (C=O) groups is 2. The number of fused-ring (bicyclic) bond motifs is 2. The zero-order chi connectivity index (χ0) is 29.9. The first kappa shape index (κ1) is 30.3. The zero-order valence-corrected chi connectivity index (χ0v) is 26.6. The van der Waals surface area contributed by atoms with Crippen LogP contribution in [0.2, 0.25) is 0 Å². The number of aromatic nitrogens is 1. The van der Waals surface area contributed by atoms with Crippen LogP contribution in [0.5, 0.6) is 0 Å². The van der Waals surface area contributed by atoms with Gasteiger partial charge < -0.3 is 10.1 Å². The van der Waals surface area contributed by atoms with Gasteiger partial charge in [0.1, 0.15) is 16.1 Å². The minimum absolute atomic E-state index is 0.157. The zero-order valence-electron chi connectivity index (χ0n) is 24.9. The highest BCUT2D eigenvalue weighted by molar-refractivity contribution is 7.99. The number of pyridine rings is 1.